The van der Waals surface area contributed by atoms with Gasteiger partial charge in [0.25, 0.3) is 5.89 Å². The molecule has 0 aromatic carbocycles. The third-order valence-corrected chi connectivity index (χ3v) is 4.03. The summed E-state index contributed by atoms with van der Waals surface area (Å²) in [7, 11) is 4.26. The third-order valence-electron chi connectivity index (χ3n) is 4.03. The van der Waals surface area contributed by atoms with Gasteiger partial charge >= 0.3 is 0 Å². The third kappa shape index (κ3) is 3.01. The maximum absolute atomic E-state index is 5.65. The molecule has 112 valence electrons. The van der Waals surface area contributed by atoms with E-state index < -0.39 is 0 Å². The molecule has 7 heteroatoms. The van der Waals surface area contributed by atoms with Gasteiger partial charge in [-0.25, -0.2) is 0 Å². The maximum Gasteiger partial charge on any atom is 0.257 e. The van der Waals surface area contributed by atoms with Crippen LogP contribution in [0.4, 0.5) is 0 Å². The van der Waals surface area contributed by atoms with Gasteiger partial charge in [-0.2, -0.15) is 4.98 Å². The van der Waals surface area contributed by atoms with Crippen LogP contribution < -0.4 is 5.32 Å². The van der Waals surface area contributed by atoms with Crippen LogP contribution in [0.15, 0.2) is 4.52 Å². The summed E-state index contributed by atoms with van der Waals surface area (Å²) in [5.74, 6) is 1.36. The van der Waals surface area contributed by atoms with Crippen molar-refractivity contribution in [1.29, 1.82) is 0 Å². The molecule has 20 heavy (non-hydrogen) atoms. The number of likely N-dealkylation sites (N-methyl/N-ethyl adjacent to an activating group) is 2. The molecule has 2 atom stereocenters. The summed E-state index contributed by atoms with van der Waals surface area (Å²) in [6.45, 7) is 5.41. The van der Waals surface area contributed by atoms with Crippen LogP contribution in [0.25, 0.3) is 0 Å². The lowest BCUT2D eigenvalue weighted by atomic mass is 10.2. The van der Waals surface area contributed by atoms with Crippen molar-refractivity contribution in [2.24, 2.45) is 0 Å². The first-order chi connectivity index (χ1) is 9.74. The molecule has 1 aromatic heterocycles. The summed E-state index contributed by atoms with van der Waals surface area (Å²) < 4.78 is 11.1. The maximum atomic E-state index is 5.65. The molecule has 2 saturated heterocycles. The van der Waals surface area contributed by atoms with E-state index in [1.165, 1.54) is 6.42 Å². The van der Waals surface area contributed by atoms with Crippen molar-refractivity contribution in [3.63, 3.8) is 0 Å². The van der Waals surface area contributed by atoms with Gasteiger partial charge in [-0.3, -0.25) is 4.90 Å². The number of hydrogen-bond donors (Lipinski definition) is 1. The summed E-state index contributed by atoms with van der Waals surface area (Å²) in [5, 5.41) is 7.46. The Labute approximate surface area is 119 Å². The number of ether oxygens (including phenoxy) is 1. The number of rotatable bonds is 2. The minimum Gasteiger partial charge on any atom is -0.366 e. The molecule has 3 rings (SSSR count). The van der Waals surface area contributed by atoms with Gasteiger partial charge in [-0.1, -0.05) is 5.16 Å². The minimum absolute atomic E-state index is 0.112. The van der Waals surface area contributed by atoms with Gasteiger partial charge in [0.1, 0.15) is 6.10 Å². The Kier molecular flexibility index (Phi) is 4.30. The summed E-state index contributed by atoms with van der Waals surface area (Å²) in [4.78, 5) is 9.20. The van der Waals surface area contributed by atoms with Gasteiger partial charge in [-0.05, 0) is 33.6 Å². The second-order valence-electron chi connectivity index (χ2n) is 5.67. The standard InChI is InChI=1S/C13H23N5O2/c1-17-5-3-6-18(2)10(9-17)12-15-13(20-16-12)11-8-14-4-7-19-11/h10-11,14H,3-9H2,1-2H3. The Morgan fingerprint density at radius 2 is 2.20 bits per heavy atom. The van der Waals surface area contributed by atoms with Crippen LogP contribution in [-0.2, 0) is 4.74 Å². The van der Waals surface area contributed by atoms with E-state index in [1.807, 2.05) is 0 Å². The normalized spacial score (nSPS) is 30.3. The van der Waals surface area contributed by atoms with Crippen LogP contribution in [0.1, 0.15) is 30.3 Å². The first kappa shape index (κ1) is 13.9. The predicted octanol–water partition coefficient (Wildman–Crippen LogP) is 0.0389. The monoisotopic (exact) mass is 281 g/mol. The van der Waals surface area contributed by atoms with E-state index in [9.17, 15) is 0 Å². The van der Waals surface area contributed by atoms with Crippen LogP contribution in [0.3, 0.4) is 0 Å². The largest absolute Gasteiger partial charge is 0.366 e. The van der Waals surface area contributed by atoms with E-state index in [4.69, 9.17) is 9.26 Å². The van der Waals surface area contributed by atoms with Crippen molar-refractivity contribution in [3.8, 4) is 0 Å². The van der Waals surface area contributed by atoms with Crippen molar-refractivity contribution in [2.45, 2.75) is 18.6 Å². The van der Waals surface area contributed by atoms with Crippen molar-refractivity contribution in [2.75, 3.05) is 53.4 Å². The van der Waals surface area contributed by atoms with Gasteiger partial charge in [0.05, 0.1) is 12.6 Å². The highest BCUT2D eigenvalue weighted by molar-refractivity contribution is 4.99. The smallest absolute Gasteiger partial charge is 0.257 e. The fourth-order valence-corrected chi connectivity index (χ4v) is 2.79. The lowest BCUT2D eigenvalue weighted by molar-refractivity contribution is 0.00755. The molecule has 2 aliphatic rings. The summed E-state index contributed by atoms with van der Waals surface area (Å²) in [6.07, 6.45) is 1.06. The van der Waals surface area contributed by atoms with Crippen LogP contribution >= 0.6 is 0 Å². The van der Waals surface area contributed by atoms with Crippen molar-refractivity contribution in [3.05, 3.63) is 11.7 Å². The molecular formula is C13H23N5O2. The summed E-state index contributed by atoms with van der Waals surface area (Å²) >= 11 is 0. The number of aromatic nitrogens is 2. The Bertz CT molecular complexity index is 432. The van der Waals surface area contributed by atoms with E-state index in [0.717, 1.165) is 38.5 Å². The van der Waals surface area contributed by atoms with Crippen molar-refractivity contribution in [1.82, 2.24) is 25.3 Å². The fraction of sp³-hybridized carbons (Fsp3) is 0.846. The zero-order chi connectivity index (χ0) is 13.9. The molecule has 0 bridgehead atoms. The molecule has 0 radical (unpaired) electrons. The fourth-order valence-electron chi connectivity index (χ4n) is 2.79. The Hall–Kier alpha value is -1.02. The molecule has 3 heterocycles. The van der Waals surface area contributed by atoms with Gasteiger partial charge in [-0.15, -0.1) is 0 Å². The summed E-state index contributed by atoms with van der Waals surface area (Å²) in [6, 6.07) is 0.191. The highest BCUT2D eigenvalue weighted by Gasteiger charge is 2.29. The van der Waals surface area contributed by atoms with Gasteiger partial charge in [0, 0.05) is 19.6 Å². The quantitative estimate of drug-likeness (QED) is 0.821. The zero-order valence-corrected chi connectivity index (χ0v) is 12.2. The molecule has 0 saturated carbocycles. The topological polar surface area (TPSA) is 66.7 Å². The molecule has 0 aliphatic carbocycles. The lowest BCUT2D eigenvalue weighted by Gasteiger charge is -2.24. The zero-order valence-electron chi connectivity index (χ0n) is 12.2. The molecule has 0 spiro atoms. The second kappa shape index (κ2) is 6.17. The Morgan fingerprint density at radius 3 is 3.00 bits per heavy atom. The second-order valence-corrected chi connectivity index (χ2v) is 5.67. The number of nitrogens with one attached hydrogen (secondary N) is 1. The highest BCUT2D eigenvalue weighted by atomic mass is 16.5. The number of morpholine rings is 1. The van der Waals surface area contributed by atoms with E-state index >= 15 is 0 Å². The first-order valence-electron chi connectivity index (χ1n) is 7.28. The Balaban J connectivity index is 1.74. The van der Waals surface area contributed by atoms with Crippen LogP contribution in [0.2, 0.25) is 0 Å². The van der Waals surface area contributed by atoms with Gasteiger partial charge in [0.15, 0.2) is 5.82 Å². The van der Waals surface area contributed by atoms with Crippen LogP contribution in [-0.4, -0.2) is 73.4 Å². The highest BCUT2D eigenvalue weighted by Crippen LogP contribution is 2.23. The number of nitrogens with zero attached hydrogens (tertiary/aromatic N) is 4. The van der Waals surface area contributed by atoms with E-state index in [2.05, 4.69) is 39.4 Å². The van der Waals surface area contributed by atoms with Crippen molar-refractivity contribution < 1.29 is 9.26 Å². The molecule has 0 amide bonds. The van der Waals surface area contributed by atoms with E-state index in [1.54, 1.807) is 0 Å². The average Bonchev–Trinajstić information content (AvgIpc) is 2.88. The van der Waals surface area contributed by atoms with Crippen molar-refractivity contribution >= 4 is 0 Å². The van der Waals surface area contributed by atoms with Crippen LogP contribution in [0.5, 0.6) is 0 Å². The molecule has 7 nitrogen and oxygen atoms in total. The predicted molar refractivity (Wildman–Crippen MR) is 73.3 cm³/mol. The molecule has 2 fully saturated rings. The molecule has 2 aliphatic heterocycles. The first-order valence-corrected chi connectivity index (χ1v) is 7.28. The summed E-state index contributed by atoms with van der Waals surface area (Å²) in [5.41, 5.74) is 0. The molecule has 1 N–H and O–H groups in total. The molecule has 2 unspecified atom stereocenters. The lowest BCUT2D eigenvalue weighted by Crippen LogP contribution is -2.34. The molecular weight excluding hydrogens is 258 g/mol. The van der Waals surface area contributed by atoms with Crippen LogP contribution in [0, 0.1) is 0 Å². The van der Waals surface area contributed by atoms with E-state index in [-0.39, 0.29) is 12.1 Å². The molecule has 1 aromatic rings. The van der Waals surface area contributed by atoms with E-state index in [0.29, 0.717) is 12.5 Å². The Morgan fingerprint density at radius 1 is 1.30 bits per heavy atom. The minimum atomic E-state index is -0.112. The average molecular weight is 281 g/mol. The number of hydrogen-bond acceptors (Lipinski definition) is 7. The SMILES string of the molecule is CN1CCCN(C)C(c2noc(C3CNCCO3)n2)C1. The van der Waals surface area contributed by atoms with Gasteiger partial charge < -0.3 is 19.5 Å². The van der Waals surface area contributed by atoms with Gasteiger partial charge in [0.2, 0.25) is 0 Å².